The average Bonchev–Trinajstić information content (AvgIpc) is 2.71. The molecule has 1 aliphatic carbocycles. The molecule has 0 atom stereocenters. The van der Waals surface area contributed by atoms with Crippen molar-refractivity contribution >= 4 is 21.8 Å². The summed E-state index contributed by atoms with van der Waals surface area (Å²) in [4.78, 5) is 0. The zero-order chi connectivity index (χ0) is 12.1. The highest BCUT2D eigenvalue weighted by Gasteiger charge is 2.14. The molecule has 0 aliphatic heterocycles. The van der Waals surface area contributed by atoms with Gasteiger partial charge >= 0.3 is 0 Å². The summed E-state index contributed by atoms with van der Waals surface area (Å²) in [6, 6.07) is 13.6. The van der Waals surface area contributed by atoms with Gasteiger partial charge in [0.15, 0.2) is 0 Å². The van der Waals surface area contributed by atoms with Gasteiger partial charge in [-0.15, -0.1) is 0 Å². The van der Waals surface area contributed by atoms with Crippen molar-refractivity contribution in [3.05, 3.63) is 47.5 Å². The van der Waals surface area contributed by atoms with Gasteiger partial charge in [-0.1, -0.05) is 18.2 Å². The second-order valence-electron chi connectivity index (χ2n) is 5.42. The fourth-order valence-corrected chi connectivity index (χ4v) is 3.39. The second-order valence-corrected chi connectivity index (χ2v) is 5.42. The van der Waals surface area contributed by atoms with Gasteiger partial charge in [0.25, 0.3) is 0 Å². The first-order chi connectivity index (χ1) is 8.84. The molecular formula is C17H17N. The fourth-order valence-electron chi connectivity index (χ4n) is 3.39. The van der Waals surface area contributed by atoms with Crippen molar-refractivity contribution in [2.75, 3.05) is 0 Å². The van der Waals surface area contributed by atoms with Crippen LogP contribution in [0.1, 0.15) is 24.0 Å². The average molecular weight is 235 g/mol. The topological polar surface area (TPSA) is 4.93 Å². The molecule has 3 aromatic rings. The van der Waals surface area contributed by atoms with E-state index in [1.165, 1.54) is 47.5 Å². The Hall–Kier alpha value is -1.76. The molecule has 2 aromatic carbocycles. The van der Waals surface area contributed by atoms with Gasteiger partial charge in [-0.05, 0) is 55.0 Å². The number of aryl methyl sites for hydroxylation is 3. The maximum absolute atomic E-state index is 2.44. The number of fused-ring (bicyclic) bond motifs is 4. The Balaban J connectivity index is 2.17. The minimum absolute atomic E-state index is 1.26. The molecule has 0 unspecified atom stereocenters. The van der Waals surface area contributed by atoms with Gasteiger partial charge in [-0.25, -0.2) is 0 Å². The summed E-state index contributed by atoms with van der Waals surface area (Å²) in [5.74, 6) is 0. The van der Waals surface area contributed by atoms with Crippen LogP contribution in [0.2, 0.25) is 0 Å². The van der Waals surface area contributed by atoms with Crippen molar-refractivity contribution in [3.63, 3.8) is 0 Å². The van der Waals surface area contributed by atoms with E-state index in [1.807, 2.05) is 0 Å². The number of benzene rings is 2. The number of rotatable bonds is 0. The summed E-state index contributed by atoms with van der Waals surface area (Å²) < 4.78 is 2.33. The first kappa shape index (κ1) is 10.2. The standard InChI is InChI=1S/C17H17N/c1-18-16-9-5-4-8-14(16)15-10-12-6-2-3-7-13(12)11-17(15)18/h4-5,8-11H,2-3,6-7H2,1H3. The van der Waals surface area contributed by atoms with Crippen LogP contribution < -0.4 is 0 Å². The lowest BCUT2D eigenvalue weighted by Gasteiger charge is -2.15. The molecule has 0 bridgehead atoms. The van der Waals surface area contributed by atoms with Crippen molar-refractivity contribution in [1.82, 2.24) is 4.57 Å². The molecule has 0 spiro atoms. The van der Waals surface area contributed by atoms with Gasteiger partial charge in [-0.2, -0.15) is 0 Å². The summed E-state index contributed by atoms with van der Waals surface area (Å²) in [5.41, 5.74) is 5.87. The lowest BCUT2D eigenvalue weighted by Crippen LogP contribution is -2.02. The Morgan fingerprint density at radius 1 is 0.833 bits per heavy atom. The Kier molecular flexibility index (Phi) is 2.05. The Bertz CT molecular complexity index is 749. The minimum Gasteiger partial charge on any atom is -0.344 e. The third-order valence-corrected chi connectivity index (χ3v) is 4.38. The minimum atomic E-state index is 1.26. The van der Waals surface area contributed by atoms with E-state index in [0.717, 1.165) is 0 Å². The predicted molar refractivity (Wildman–Crippen MR) is 77.1 cm³/mol. The van der Waals surface area contributed by atoms with Gasteiger partial charge in [0.2, 0.25) is 0 Å². The van der Waals surface area contributed by atoms with Crippen LogP contribution >= 0.6 is 0 Å². The predicted octanol–water partition coefficient (Wildman–Crippen LogP) is 4.21. The molecule has 90 valence electrons. The van der Waals surface area contributed by atoms with E-state index in [9.17, 15) is 0 Å². The van der Waals surface area contributed by atoms with E-state index in [0.29, 0.717) is 0 Å². The molecule has 4 rings (SSSR count). The van der Waals surface area contributed by atoms with Crippen molar-refractivity contribution in [2.45, 2.75) is 25.7 Å². The van der Waals surface area contributed by atoms with Gasteiger partial charge in [0.1, 0.15) is 0 Å². The quantitative estimate of drug-likeness (QED) is 0.550. The molecule has 1 nitrogen and oxygen atoms in total. The summed E-state index contributed by atoms with van der Waals surface area (Å²) in [6.07, 6.45) is 5.22. The number of nitrogens with zero attached hydrogens (tertiary/aromatic N) is 1. The first-order valence-corrected chi connectivity index (χ1v) is 6.83. The van der Waals surface area contributed by atoms with E-state index < -0.39 is 0 Å². The molecule has 0 radical (unpaired) electrons. The maximum atomic E-state index is 2.44. The fraction of sp³-hybridized carbons (Fsp3) is 0.294. The maximum Gasteiger partial charge on any atom is 0.0491 e. The number of para-hydroxylation sites is 1. The summed E-state index contributed by atoms with van der Waals surface area (Å²) in [6.45, 7) is 0. The SMILES string of the molecule is Cn1c2ccccc2c2cc3c(cc21)CCCC3. The molecule has 0 amide bonds. The normalized spacial score (nSPS) is 15.2. The Morgan fingerprint density at radius 2 is 1.56 bits per heavy atom. The zero-order valence-corrected chi connectivity index (χ0v) is 10.7. The summed E-state index contributed by atoms with van der Waals surface area (Å²) >= 11 is 0. The van der Waals surface area contributed by atoms with Crippen LogP contribution in [0.5, 0.6) is 0 Å². The van der Waals surface area contributed by atoms with Crippen LogP contribution in [0.4, 0.5) is 0 Å². The smallest absolute Gasteiger partial charge is 0.0491 e. The van der Waals surface area contributed by atoms with E-state index in [2.05, 4.69) is 48.0 Å². The lowest BCUT2D eigenvalue weighted by atomic mass is 9.90. The second kappa shape index (κ2) is 3.61. The van der Waals surface area contributed by atoms with Gasteiger partial charge in [-0.3, -0.25) is 0 Å². The molecule has 0 saturated heterocycles. The Morgan fingerprint density at radius 3 is 2.39 bits per heavy atom. The van der Waals surface area contributed by atoms with Crippen molar-refractivity contribution in [1.29, 1.82) is 0 Å². The van der Waals surface area contributed by atoms with Crippen LogP contribution in [0.25, 0.3) is 21.8 Å². The van der Waals surface area contributed by atoms with Gasteiger partial charge in [0, 0.05) is 28.9 Å². The van der Waals surface area contributed by atoms with E-state index in [1.54, 1.807) is 11.1 Å². The van der Waals surface area contributed by atoms with Crippen LogP contribution in [0.15, 0.2) is 36.4 Å². The monoisotopic (exact) mass is 235 g/mol. The third-order valence-electron chi connectivity index (χ3n) is 4.38. The highest BCUT2D eigenvalue weighted by atomic mass is 14.9. The van der Waals surface area contributed by atoms with Crippen molar-refractivity contribution in [2.24, 2.45) is 7.05 Å². The molecular weight excluding hydrogens is 218 g/mol. The third kappa shape index (κ3) is 1.28. The summed E-state index contributed by atoms with van der Waals surface area (Å²) in [7, 11) is 2.18. The van der Waals surface area contributed by atoms with Crippen LogP contribution in [0, 0.1) is 0 Å². The molecule has 0 saturated carbocycles. The molecule has 18 heavy (non-hydrogen) atoms. The van der Waals surface area contributed by atoms with E-state index in [4.69, 9.17) is 0 Å². The molecule has 1 heteroatoms. The molecule has 1 heterocycles. The van der Waals surface area contributed by atoms with E-state index in [-0.39, 0.29) is 0 Å². The number of hydrogen-bond acceptors (Lipinski definition) is 0. The van der Waals surface area contributed by atoms with E-state index >= 15 is 0 Å². The molecule has 0 fully saturated rings. The number of hydrogen-bond donors (Lipinski definition) is 0. The van der Waals surface area contributed by atoms with Crippen LogP contribution in [-0.4, -0.2) is 4.57 Å². The molecule has 0 N–H and O–H groups in total. The van der Waals surface area contributed by atoms with Crippen molar-refractivity contribution in [3.8, 4) is 0 Å². The molecule has 1 aliphatic rings. The Labute approximate surface area is 107 Å². The van der Waals surface area contributed by atoms with Crippen LogP contribution in [-0.2, 0) is 19.9 Å². The highest BCUT2D eigenvalue weighted by molar-refractivity contribution is 6.08. The highest BCUT2D eigenvalue weighted by Crippen LogP contribution is 2.32. The lowest BCUT2D eigenvalue weighted by molar-refractivity contribution is 0.686. The molecule has 1 aromatic heterocycles. The van der Waals surface area contributed by atoms with Crippen LogP contribution in [0.3, 0.4) is 0 Å². The number of aromatic nitrogens is 1. The largest absolute Gasteiger partial charge is 0.344 e. The zero-order valence-electron chi connectivity index (χ0n) is 10.7. The van der Waals surface area contributed by atoms with Gasteiger partial charge in [0.05, 0.1) is 0 Å². The first-order valence-electron chi connectivity index (χ1n) is 6.83. The summed E-state index contributed by atoms with van der Waals surface area (Å²) in [5, 5.41) is 2.82. The van der Waals surface area contributed by atoms with Gasteiger partial charge < -0.3 is 4.57 Å². The van der Waals surface area contributed by atoms with Crippen molar-refractivity contribution < 1.29 is 0 Å².